The van der Waals surface area contributed by atoms with Crippen LogP contribution in [0.5, 0.6) is 0 Å². The smallest absolute Gasteiger partial charge is 0.0161 e. The molecule has 0 unspecified atom stereocenters. The minimum atomic E-state index is 0.785. The minimum absolute atomic E-state index is 0.785. The van der Waals surface area contributed by atoms with Gasteiger partial charge in [-0.25, -0.2) is 0 Å². The maximum Gasteiger partial charge on any atom is -0.0161 e. The highest BCUT2D eigenvalue weighted by Gasteiger charge is 2.24. The maximum atomic E-state index is 4.14. The molecule has 0 aliphatic heterocycles. The van der Waals surface area contributed by atoms with Gasteiger partial charge in [0, 0.05) is 0 Å². The van der Waals surface area contributed by atoms with Gasteiger partial charge in [0.25, 0.3) is 0 Å². The highest BCUT2D eigenvalue weighted by atomic mass is 14.3. The molecule has 1 aromatic rings. The summed E-state index contributed by atoms with van der Waals surface area (Å²) in [5.41, 5.74) is 4.08. The van der Waals surface area contributed by atoms with Gasteiger partial charge in [-0.3, -0.25) is 0 Å². The fourth-order valence-corrected chi connectivity index (χ4v) is 1.62. The second kappa shape index (κ2) is 3.37. The summed E-state index contributed by atoms with van der Waals surface area (Å²) in [6.07, 6.45) is 3.80. The zero-order valence-corrected chi connectivity index (χ0v) is 8.22. The van der Waals surface area contributed by atoms with Gasteiger partial charge in [-0.15, -0.1) is 0 Å². The SMILES string of the molecule is C=C(c1ccc(CC)cc1)C1CC1. The van der Waals surface area contributed by atoms with Crippen LogP contribution in [0.2, 0.25) is 0 Å². The number of hydrogen-bond donors (Lipinski definition) is 0. The molecule has 0 heterocycles. The third kappa shape index (κ3) is 1.82. The van der Waals surface area contributed by atoms with Crippen molar-refractivity contribution in [2.24, 2.45) is 5.92 Å². The van der Waals surface area contributed by atoms with Crippen molar-refractivity contribution in [3.63, 3.8) is 0 Å². The molecule has 0 atom stereocenters. The minimum Gasteiger partial charge on any atom is -0.0950 e. The summed E-state index contributed by atoms with van der Waals surface area (Å²) >= 11 is 0. The first-order chi connectivity index (χ1) is 6.31. The lowest BCUT2D eigenvalue weighted by Crippen LogP contribution is -1.86. The number of aryl methyl sites for hydroxylation is 1. The first kappa shape index (κ1) is 8.55. The Morgan fingerprint density at radius 1 is 1.31 bits per heavy atom. The Hall–Kier alpha value is -1.04. The van der Waals surface area contributed by atoms with E-state index in [-0.39, 0.29) is 0 Å². The number of hydrogen-bond acceptors (Lipinski definition) is 0. The van der Waals surface area contributed by atoms with Crippen LogP contribution in [0.15, 0.2) is 30.8 Å². The van der Waals surface area contributed by atoms with Crippen molar-refractivity contribution in [2.75, 3.05) is 0 Å². The largest absolute Gasteiger partial charge is 0.0950 e. The molecule has 0 heteroatoms. The van der Waals surface area contributed by atoms with E-state index >= 15 is 0 Å². The van der Waals surface area contributed by atoms with Crippen molar-refractivity contribution in [2.45, 2.75) is 26.2 Å². The third-order valence-corrected chi connectivity index (χ3v) is 2.80. The molecule has 68 valence electrons. The summed E-state index contributed by atoms with van der Waals surface area (Å²) in [6, 6.07) is 8.84. The van der Waals surface area contributed by atoms with Crippen LogP contribution in [0.3, 0.4) is 0 Å². The van der Waals surface area contributed by atoms with Crippen LogP contribution in [0.25, 0.3) is 5.57 Å². The van der Waals surface area contributed by atoms with Gasteiger partial charge < -0.3 is 0 Å². The standard InChI is InChI=1S/C13H16/c1-3-11-4-6-12(7-5-11)10(2)13-8-9-13/h4-7,13H,2-3,8-9H2,1H3. The molecule has 0 nitrogen and oxygen atoms in total. The normalized spacial score (nSPS) is 15.8. The lowest BCUT2D eigenvalue weighted by molar-refractivity contribution is 1.12. The van der Waals surface area contributed by atoms with Crippen LogP contribution in [0.1, 0.15) is 30.9 Å². The summed E-state index contributed by atoms with van der Waals surface area (Å²) in [6.45, 7) is 6.33. The molecule has 0 spiro atoms. The molecule has 1 aliphatic carbocycles. The van der Waals surface area contributed by atoms with Crippen molar-refractivity contribution in [1.82, 2.24) is 0 Å². The van der Waals surface area contributed by atoms with Gasteiger partial charge >= 0.3 is 0 Å². The van der Waals surface area contributed by atoms with Gasteiger partial charge in [0.05, 0.1) is 0 Å². The van der Waals surface area contributed by atoms with Crippen LogP contribution in [-0.4, -0.2) is 0 Å². The number of allylic oxidation sites excluding steroid dienone is 1. The lowest BCUT2D eigenvalue weighted by atomic mass is 10.0. The van der Waals surface area contributed by atoms with Gasteiger partial charge in [0.15, 0.2) is 0 Å². The zero-order chi connectivity index (χ0) is 9.26. The fraction of sp³-hybridized carbons (Fsp3) is 0.385. The summed E-state index contributed by atoms with van der Waals surface area (Å²) in [5, 5.41) is 0. The van der Waals surface area contributed by atoms with Crippen LogP contribution in [0.4, 0.5) is 0 Å². The summed E-state index contributed by atoms with van der Waals surface area (Å²) in [7, 11) is 0. The van der Waals surface area contributed by atoms with Gasteiger partial charge in [-0.05, 0) is 41.9 Å². The number of benzene rings is 1. The monoisotopic (exact) mass is 172 g/mol. The second-order valence-electron chi connectivity index (χ2n) is 3.85. The predicted octanol–water partition coefficient (Wildman–Crippen LogP) is 3.67. The summed E-state index contributed by atoms with van der Waals surface area (Å²) < 4.78 is 0. The van der Waals surface area contributed by atoms with Crippen molar-refractivity contribution in [3.05, 3.63) is 42.0 Å². The van der Waals surface area contributed by atoms with Crippen molar-refractivity contribution in [3.8, 4) is 0 Å². The van der Waals surface area contributed by atoms with E-state index in [0.29, 0.717) is 0 Å². The Balaban J connectivity index is 2.16. The molecule has 0 bridgehead atoms. The van der Waals surface area contributed by atoms with Crippen LogP contribution < -0.4 is 0 Å². The molecule has 0 N–H and O–H groups in total. The zero-order valence-electron chi connectivity index (χ0n) is 8.22. The van der Waals surface area contributed by atoms with Gasteiger partial charge in [0.2, 0.25) is 0 Å². The topological polar surface area (TPSA) is 0 Å². The summed E-state index contributed by atoms with van der Waals surface area (Å²) in [4.78, 5) is 0. The van der Waals surface area contributed by atoms with Crippen molar-refractivity contribution < 1.29 is 0 Å². The average Bonchev–Trinajstić information content (AvgIpc) is 3.00. The molecule has 0 aromatic heterocycles. The Bertz CT molecular complexity index is 301. The summed E-state index contributed by atoms with van der Waals surface area (Å²) in [5.74, 6) is 0.785. The first-order valence-corrected chi connectivity index (χ1v) is 5.09. The van der Waals surface area contributed by atoms with E-state index in [0.717, 1.165) is 12.3 Å². The molecule has 1 fully saturated rings. The van der Waals surface area contributed by atoms with Crippen LogP contribution in [0, 0.1) is 5.92 Å². The molecule has 13 heavy (non-hydrogen) atoms. The molecule has 1 saturated carbocycles. The van der Waals surface area contributed by atoms with Gasteiger partial charge in [0.1, 0.15) is 0 Å². The van der Waals surface area contributed by atoms with Crippen LogP contribution >= 0.6 is 0 Å². The second-order valence-corrected chi connectivity index (χ2v) is 3.85. The molecule has 0 amide bonds. The van der Waals surface area contributed by atoms with E-state index in [1.165, 1.54) is 29.5 Å². The molecular weight excluding hydrogens is 156 g/mol. The molecule has 0 saturated heterocycles. The molecule has 1 aromatic carbocycles. The van der Waals surface area contributed by atoms with E-state index in [1.807, 2.05) is 0 Å². The predicted molar refractivity (Wildman–Crippen MR) is 57.6 cm³/mol. The Morgan fingerprint density at radius 3 is 2.38 bits per heavy atom. The van der Waals surface area contributed by atoms with Crippen molar-refractivity contribution in [1.29, 1.82) is 0 Å². The average molecular weight is 172 g/mol. The number of rotatable bonds is 3. The maximum absolute atomic E-state index is 4.14. The van der Waals surface area contributed by atoms with E-state index in [4.69, 9.17) is 0 Å². The molecular formula is C13H16. The van der Waals surface area contributed by atoms with E-state index < -0.39 is 0 Å². The third-order valence-electron chi connectivity index (χ3n) is 2.80. The molecule has 1 aliphatic rings. The van der Waals surface area contributed by atoms with Crippen LogP contribution in [-0.2, 0) is 6.42 Å². The first-order valence-electron chi connectivity index (χ1n) is 5.09. The Labute approximate surface area is 80.3 Å². The highest BCUT2D eigenvalue weighted by molar-refractivity contribution is 5.67. The molecule has 0 radical (unpaired) electrons. The van der Waals surface area contributed by atoms with Gasteiger partial charge in [-0.1, -0.05) is 37.8 Å². The Kier molecular flexibility index (Phi) is 2.22. The Morgan fingerprint density at radius 2 is 1.92 bits per heavy atom. The molecule has 2 rings (SSSR count). The van der Waals surface area contributed by atoms with E-state index in [1.54, 1.807) is 0 Å². The quantitative estimate of drug-likeness (QED) is 0.652. The fourth-order valence-electron chi connectivity index (χ4n) is 1.62. The van der Waals surface area contributed by atoms with E-state index in [2.05, 4.69) is 37.8 Å². The lowest BCUT2D eigenvalue weighted by Gasteiger charge is -2.04. The van der Waals surface area contributed by atoms with E-state index in [9.17, 15) is 0 Å². The highest BCUT2D eigenvalue weighted by Crippen LogP contribution is 2.40. The van der Waals surface area contributed by atoms with Crippen molar-refractivity contribution >= 4 is 5.57 Å². The van der Waals surface area contributed by atoms with Gasteiger partial charge in [-0.2, -0.15) is 0 Å².